The van der Waals surface area contributed by atoms with Gasteiger partial charge in [-0.15, -0.1) is 0 Å². The van der Waals surface area contributed by atoms with Crippen LogP contribution in [0, 0.1) is 5.82 Å². The molecule has 0 spiro atoms. The molecule has 2 aromatic carbocycles. The fraction of sp³-hybridized carbons (Fsp3) is 0. The van der Waals surface area contributed by atoms with Gasteiger partial charge in [0.05, 0.1) is 11.3 Å². The van der Waals surface area contributed by atoms with Crippen molar-refractivity contribution < 1.29 is 14.0 Å². The number of nitrogens with two attached hydrogens (primary N) is 1. The van der Waals surface area contributed by atoms with Gasteiger partial charge in [-0.2, -0.15) is 0 Å². The molecular weight excluding hydrogens is 247 g/mol. The normalized spacial score (nSPS) is 9.95. The lowest BCUT2D eigenvalue weighted by Crippen LogP contribution is -2.17. The summed E-state index contributed by atoms with van der Waals surface area (Å²) in [6, 6.07) is 12.4. The topological polar surface area (TPSA) is 72.2 Å². The molecule has 0 saturated heterocycles. The van der Waals surface area contributed by atoms with E-state index in [2.05, 4.69) is 5.32 Å². The van der Waals surface area contributed by atoms with Crippen LogP contribution in [0.2, 0.25) is 0 Å². The monoisotopic (exact) mass is 258 g/mol. The van der Waals surface area contributed by atoms with Crippen LogP contribution in [0.3, 0.4) is 0 Å². The Kier molecular flexibility index (Phi) is 3.56. The molecule has 0 unspecified atom stereocenters. The van der Waals surface area contributed by atoms with E-state index in [0.29, 0.717) is 5.56 Å². The van der Waals surface area contributed by atoms with Gasteiger partial charge in [-0.1, -0.05) is 24.3 Å². The summed E-state index contributed by atoms with van der Waals surface area (Å²) in [7, 11) is 0. The highest BCUT2D eigenvalue weighted by Crippen LogP contribution is 2.18. The Bertz CT molecular complexity index is 627. The molecule has 2 aromatic rings. The minimum absolute atomic E-state index is 0.0786. The third-order valence-corrected chi connectivity index (χ3v) is 2.55. The molecule has 0 aromatic heterocycles. The van der Waals surface area contributed by atoms with Crippen molar-refractivity contribution in [3.63, 3.8) is 0 Å². The average molecular weight is 258 g/mol. The van der Waals surface area contributed by atoms with Crippen LogP contribution in [0.4, 0.5) is 10.1 Å². The van der Waals surface area contributed by atoms with E-state index in [4.69, 9.17) is 5.73 Å². The minimum Gasteiger partial charge on any atom is -0.366 e. The Morgan fingerprint density at radius 2 is 1.68 bits per heavy atom. The largest absolute Gasteiger partial charge is 0.366 e. The van der Waals surface area contributed by atoms with Gasteiger partial charge in [0, 0.05) is 5.56 Å². The molecule has 96 valence electrons. The summed E-state index contributed by atoms with van der Waals surface area (Å²) in [6.45, 7) is 0. The summed E-state index contributed by atoms with van der Waals surface area (Å²) in [5.41, 5.74) is 5.09. The summed E-state index contributed by atoms with van der Waals surface area (Å²) in [6.07, 6.45) is 0. The van der Waals surface area contributed by atoms with Crippen LogP contribution in [0.25, 0.3) is 0 Å². The molecule has 0 aliphatic carbocycles. The van der Waals surface area contributed by atoms with Crippen molar-refractivity contribution >= 4 is 17.5 Å². The number of rotatable bonds is 3. The number of hydrogen-bond acceptors (Lipinski definition) is 2. The smallest absolute Gasteiger partial charge is 0.255 e. The van der Waals surface area contributed by atoms with E-state index in [0.717, 1.165) is 0 Å². The van der Waals surface area contributed by atoms with E-state index in [1.165, 1.54) is 18.2 Å². The number of amides is 2. The molecule has 0 saturated carbocycles. The fourth-order valence-electron chi connectivity index (χ4n) is 1.60. The zero-order valence-electron chi connectivity index (χ0n) is 9.89. The molecule has 0 aliphatic heterocycles. The number of primary amides is 1. The Morgan fingerprint density at radius 3 is 2.32 bits per heavy atom. The SMILES string of the molecule is NC(=O)c1cccc(NC(=O)c2ccccc2)c1F. The average Bonchev–Trinajstić information content (AvgIpc) is 2.41. The lowest BCUT2D eigenvalue weighted by molar-refractivity contribution is 0.0992. The highest BCUT2D eigenvalue weighted by molar-refractivity contribution is 6.05. The molecule has 0 heterocycles. The van der Waals surface area contributed by atoms with Crippen molar-refractivity contribution in [2.75, 3.05) is 5.32 Å². The number of hydrogen-bond donors (Lipinski definition) is 2. The highest BCUT2D eigenvalue weighted by atomic mass is 19.1. The zero-order chi connectivity index (χ0) is 13.8. The molecule has 4 nitrogen and oxygen atoms in total. The van der Waals surface area contributed by atoms with Crippen LogP contribution in [0.15, 0.2) is 48.5 Å². The predicted molar refractivity (Wildman–Crippen MR) is 69.3 cm³/mol. The maximum atomic E-state index is 13.9. The number of nitrogens with one attached hydrogen (secondary N) is 1. The molecule has 0 fully saturated rings. The van der Waals surface area contributed by atoms with E-state index in [-0.39, 0.29) is 11.3 Å². The standard InChI is InChI=1S/C14H11FN2O2/c15-12-10(13(16)18)7-4-8-11(12)17-14(19)9-5-2-1-3-6-9/h1-8H,(H2,16,18)(H,17,19). The molecule has 2 rings (SSSR count). The number of carbonyl (C=O) groups excluding carboxylic acids is 2. The number of benzene rings is 2. The van der Waals surface area contributed by atoms with Gasteiger partial charge in [-0.3, -0.25) is 9.59 Å². The summed E-state index contributed by atoms with van der Waals surface area (Å²) >= 11 is 0. The van der Waals surface area contributed by atoms with Crippen LogP contribution in [0.5, 0.6) is 0 Å². The highest BCUT2D eigenvalue weighted by Gasteiger charge is 2.14. The molecular formula is C14H11FN2O2. The fourth-order valence-corrected chi connectivity index (χ4v) is 1.60. The lowest BCUT2D eigenvalue weighted by Gasteiger charge is -2.08. The zero-order valence-corrected chi connectivity index (χ0v) is 9.89. The molecule has 5 heteroatoms. The summed E-state index contributed by atoms with van der Waals surface area (Å²) in [5, 5.41) is 2.40. The Morgan fingerprint density at radius 1 is 1.00 bits per heavy atom. The Labute approximate surface area is 109 Å². The van der Waals surface area contributed by atoms with E-state index in [1.54, 1.807) is 30.3 Å². The van der Waals surface area contributed by atoms with Gasteiger partial charge in [-0.25, -0.2) is 4.39 Å². The molecule has 0 atom stereocenters. The van der Waals surface area contributed by atoms with Crippen LogP contribution < -0.4 is 11.1 Å². The van der Waals surface area contributed by atoms with Gasteiger partial charge < -0.3 is 11.1 Å². The maximum Gasteiger partial charge on any atom is 0.255 e. The van der Waals surface area contributed by atoms with Crippen molar-refractivity contribution in [3.05, 3.63) is 65.5 Å². The number of halogens is 1. The molecule has 2 amide bonds. The first kappa shape index (κ1) is 12.8. The van der Waals surface area contributed by atoms with Crippen molar-refractivity contribution in [2.45, 2.75) is 0 Å². The third-order valence-electron chi connectivity index (χ3n) is 2.55. The van der Waals surface area contributed by atoms with E-state index in [9.17, 15) is 14.0 Å². The van der Waals surface area contributed by atoms with E-state index >= 15 is 0 Å². The molecule has 0 radical (unpaired) electrons. The van der Waals surface area contributed by atoms with Crippen LogP contribution in [0.1, 0.15) is 20.7 Å². The summed E-state index contributed by atoms with van der Waals surface area (Å²) in [4.78, 5) is 22.9. The Balaban J connectivity index is 2.27. The van der Waals surface area contributed by atoms with Crippen LogP contribution in [-0.2, 0) is 0 Å². The second kappa shape index (κ2) is 5.30. The molecule has 3 N–H and O–H groups in total. The van der Waals surface area contributed by atoms with Gasteiger partial charge in [0.2, 0.25) is 0 Å². The molecule has 0 bridgehead atoms. The minimum atomic E-state index is -0.881. The van der Waals surface area contributed by atoms with Gasteiger partial charge >= 0.3 is 0 Å². The van der Waals surface area contributed by atoms with Crippen LogP contribution >= 0.6 is 0 Å². The predicted octanol–water partition coefficient (Wildman–Crippen LogP) is 2.18. The van der Waals surface area contributed by atoms with Crippen LogP contribution in [-0.4, -0.2) is 11.8 Å². The summed E-state index contributed by atoms with van der Waals surface area (Å²) < 4.78 is 13.9. The molecule has 19 heavy (non-hydrogen) atoms. The number of carbonyl (C=O) groups is 2. The third kappa shape index (κ3) is 2.77. The Hall–Kier alpha value is -2.69. The maximum absolute atomic E-state index is 13.9. The van der Waals surface area contributed by atoms with E-state index in [1.807, 2.05) is 0 Å². The van der Waals surface area contributed by atoms with Crippen molar-refractivity contribution in [3.8, 4) is 0 Å². The molecule has 0 aliphatic rings. The first-order chi connectivity index (χ1) is 9.09. The van der Waals surface area contributed by atoms with Gasteiger partial charge in [0.15, 0.2) is 5.82 Å². The second-order valence-corrected chi connectivity index (χ2v) is 3.85. The van der Waals surface area contributed by atoms with Crippen molar-refractivity contribution in [1.29, 1.82) is 0 Å². The first-order valence-corrected chi connectivity index (χ1v) is 5.54. The quantitative estimate of drug-likeness (QED) is 0.885. The second-order valence-electron chi connectivity index (χ2n) is 3.85. The summed E-state index contributed by atoms with van der Waals surface area (Å²) in [5.74, 6) is -2.17. The number of anilines is 1. The van der Waals surface area contributed by atoms with Gasteiger partial charge in [-0.05, 0) is 24.3 Å². The van der Waals surface area contributed by atoms with Gasteiger partial charge in [0.25, 0.3) is 11.8 Å². The first-order valence-electron chi connectivity index (χ1n) is 5.54. The van der Waals surface area contributed by atoms with Crippen molar-refractivity contribution in [1.82, 2.24) is 0 Å². The lowest BCUT2D eigenvalue weighted by atomic mass is 10.1. The van der Waals surface area contributed by atoms with Crippen molar-refractivity contribution in [2.24, 2.45) is 5.73 Å². The van der Waals surface area contributed by atoms with Gasteiger partial charge in [0.1, 0.15) is 0 Å². The van der Waals surface area contributed by atoms with E-state index < -0.39 is 17.6 Å².